The van der Waals surface area contributed by atoms with Gasteiger partial charge in [0, 0.05) is 25.2 Å². The van der Waals surface area contributed by atoms with Gasteiger partial charge in [-0.2, -0.15) is 9.50 Å². The van der Waals surface area contributed by atoms with Gasteiger partial charge in [0.15, 0.2) is 5.82 Å². The summed E-state index contributed by atoms with van der Waals surface area (Å²) in [6, 6.07) is 5.62. The Kier molecular flexibility index (Phi) is 2.49. The van der Waals surface area contributed by atoms with Gasteiger partial charge in [-0.3, -0.25) is 0 Å². The lowest BCUT2D eigenvalue weighted by atomic mass is 10.2. The van der Waals surface area contributed by atoms with Gasteiger partial charge in [-0.15, -0.1) is 5.10 Å². The van der Waals surface area contributed by atoms with Gasteiger partial charge >= 0.3 is 5.69 Å². The molecular weight excluding hydrogens is 246 g/mol. The van der Waals surface area contributed by atoms with E-state index in [0.29, 0.717) is 17.0 Å². The zero-order valence-corrected chi connectivity index (χ0v) is 10.6. The van der Waals surface area contributed by atoms with E-state index in [1.807, 2.05) is 31.1 Å². The maximum Gasteiger partial charge on any atom is 0.370 e. The van der Waals surface area contributed by atoms with Crippen LogP contribution in [0.4, 0.5) is 5.69 Å². The van der Waals surface area contributed by atoms with Crippen LogP contribution in [0.1, 0.15) is 5.82 Å². The van der Waals surface area contributed by atoms with Crippen LogP contribution in [-0.2, 0) is 6.61 Å². The monoisotopic (exact) mass is 259 g/mol. The van der Waals surface area contributed by atoms with Crippen molar-refractivity contribution in [1.29, 1.82) is 0 Å². The number of nitrogens with zero attached hydrogens (tertiary/aromatic N) is 4. The number of aromatic amines is 1. The Morgan fingerprint density at radius 1 is 1.42 bits per heavy atom. The van der Waals surface area contributed by atoms with Crippen LogP contribution in [0.3, 0.4) is 0 Å². The second-order valence-electron chi connectivity index (χ2n) is 4.48. The van der Waals surface area contributed by atoms with E-state index >= 15 is 0 Å². The number of benzene rings is 1. The number of nitrogens with one attached hydrogen (secondary N) is 1. The van der Waals surface area contributed by atoms with E-state index in [0.717, 1.165) is 11.1 Å². The zero-order valence-electron chi connectivity index (χ0n) is 10.6. The smallest absolute Gasteiger partial charge is 0.370 e. The first-order valence-electron chi connectivity index (χ1n) is 5.80. The Hall–Kier alpha value is -2.41. The summed E-state index contributed by atoms with van der Waals surface area (Å²) in [5.41, 5.74) is 1.68. The van der Waals surface area contributed by atoms with Crippen LogP contribution in [-0.4, -0.2) is 38.8 Å². The van der Waals surface area contributed by atoms with Crippen LogP contribution in [0.5, 0.6) is 0 Å². The average molecular weight is 259 g/mol. The minimum absolute atomic E-state index is 0.254. The maximum atomic E-state index is 11.8. The molecule has 0 aliphatic rings. The molecular formula is C12H13N5O2. The molecule has 0 saturated carbocycles. The van der Waals surface area contributed by atoms with Crippen LogP contribution in [0.25, 0.3) is 16.6 Å². The van der Waals surface area contributed by atoms with E-state index in [9.17, 15) is 4.79 Å². The van der Waals surface area contributed by atoms with Gasteiger partial charge in [-0.05, 0) is 18.2 Å². The van der Waals surface area contributed by atoms with Gasteiger partial charge in [0.25, 0.3) is 0 Å². The summed E-state index contributed by atoms with van der Waals surface area (Å²) in [6.45, 7) is -0.254. The number of anilines is 1. The van der Waals surface area contributed by atoms with E-state index in [4.69, 9.17) is 5.11 Å². The largest absolute Gasteiger partial charge is 0.388 e. The molecule has 1 aromatic carbocycles. The highest BCUT2D eigenvalue weighted by molar-refractivity contribution is 5.93. The Morgan fingerprint density at radius 3 is 2.89 bits per heavy atom. The molecule has 7 nitrogen and oxygen atoms in total. The SMILES string of the molecule is CN(C)c1ccc2nc(=O)n3nc(CO)[nH]c3c2c1. The third kappa shape index (κ3) is 1.75. The molecule has 0 bridgehead atoms. The number of aromatic nitrogens is 4. The molecule has 0 aliphatic carbocycles. The van der Waals surface area contributed by atoms with Gasteiger partial charge in [0.1, 0.15) is 12.3 Å². The van der Waals surface area contributed by atoms with E-state index in [2.05, 4.69) is 15.1 Å². The summed E-state index contributed by atoms with van der Waals surface area (Å²) in [4.78, 5) is 20.7. The third-order valence-electron chi connectivity index (χ3n) is 2.99. The van der Waals surface area contributed by atoms with Crippen molar-refractivity contribution < 1.29 is 5.11 Å². The molecule has 0 spiro atoms. The van der Waals surface area contributed by atoms with E-state index in [1.54, 1.807) is 6.07 Å². The maximum absolute atomic E-state index is 11.8. The van der Waals surface area contributed by atoms with Crippen molar-refractivity contribution in [1.82, 2.24) is 19.6 Å². The molecule has 2 aromatic heterocycles. The molecule has 2 heterocycles. The second-order valence-corrected chi connectivity index (χ2v) is 4.48. The number of aliphatic hydroxyl groups is 1. The quantitative estimate of drug-likeness (QED) is 0.683. The average Bonchev–Trinajstić information content (AvgIpc) is 2.83. The lowest BCUT2D eigenvalue weighted by molar-refractivity contribution is 0.271. The predicted octanol–water partition coefficient (Wildman–Crippen LogP) is 0.129. The molecule has 2 N–H and O–H groups in total. The Morgan fingerprint density at radius 2 is 2.21 bits per heavy atom. The second kappa shape index (κ2) is 4.06. The zero-order chi connectivity index (χ0) is 13.6. The van der Waals surface area contributed by atoms with E-state index < -0.39 is 5.69 Å². The number of rotatable bonds is 2. The number of fused-ring (bicyclic) bond motifs is 3. The predicted molar refractivity (Wildman–Crippen MR) is 71.4 cm³/mol. The van der Waals surface area contributed by atoms with Crippen LogP contribution in [0.2, 0.25) is 0 Å². The first kappa shape index (κ1) is 11.7. The van der Waals surface area contributed by atoms with E-state index in [-0.39, 0.29) is 6.61 Å². The minimum Gasteiger partial charge on any atom is -0.388 e. The third-order valence-corrected chi connectivity index (χ3v) is 2.99. The lowest BCUT2D eigenvalue weighted by Gasteiger charge is -2.12. The molecule has 3 rings (SSSR count). The first-order valence-corrected chi connectivity index (χ1v) is 5.80. The summed E-state index contributed by atoms with van der Waals surface area (Å²) in [5, 5.41) is 13.9. The van der Waals surface area contributed by atoms with Crippen molar-refractivity contribution in [2.45, 2.75) is 6.61 Å². The number of hydrogen-bond donors (Lipinski definition) is 2. The highest BCUT2D eigenvalue weighted by Crippen LogP contribution is 2.21. The van der Waals surface area contributed by atoms with Crippen molar-refractivity contribution >= 4 is 22.2 Å². The van der Waals surface area contributed by atoms with Crippen molar-refractivity contribution in [3.05, 3.63) is 34.5 Å². The van der Waals surface area contributed by atoms with Gasteiger partial charge in [0.05, 0.1) is 5.52 Å². The molecule has 0 aliphatic heterocycles. The summed E-state index contributed by atoms with van der Waals surface area (Å²) in [5.74, 6) is 0.335. The van der Waals surface area contributed by atoms with Gasteiger partial charge in [-0.1, -0.05) is 0 Å². The molecule has 0 radical (unpaired) electrons. The van der Waals surface area contributed by atoms with Gasteiger partial charge in [-0.25, -0.2) is 4.79 Å². The van der Waals surface area contributed by atoms with Crippen LogP contribution in [0, 0.1) is 0 Å². The highest BCUT2D eigenvalue weighted by atomic mass is 16.3. The van der Waals surface area contributed by atoms with Crippen LogP contribution < -0.4 is 10.6 Å². The van der Waals surface area contributed by atoms with Crippen molar-refractivity contribution in [2.75, 3.05) is 19.0 Å². The van der Waals surface area contributed by atoms with E-state index in [1.165, 1.54) is 4.52 Å². The van der Waals surface area contributed by atoms with Crippen LogP contribution >= 0.6 is 0 Å². The van der Waals surface area contributed by atoms with Gasteiger partial charge < -0.3 is 15.0 Å². The molecule has 0 saturated heterocycles. The summed E-state index contributed by atoms with van der Waals surface area (Å²) in [6.07, 6.45) is 0. The summed E-state index contributed by atoms with van der Waals surface area (Å²) < 4.78 is 1.17. The molecule has 7 heteroatoms. The Labute approximate surface area is 108 Å². The fraction of sp³-hybridized carbons (Fsp3) is 0.250. The molecule has 0 fully saturated rings. The Balaban J connectivity index is 2.44. The molecule has 19 heavy (non-hydrogen) atoms. The normalized spacial score (nSPS) is 11.3. The highest BCUT2D eigenvalue weighted by Gasteiger charge is 2.10. The summed E-state index contributed by atoms with van der Waals surface area (Å²) >= 11 is 0. The number of hydrogen-bond acceptors (Lipinski definition) is 5. The summed E-state index contributed by atoms with van der Waals surface area (Å²) in [7, 11) is 3.88. The van der Waals surface area contributed by atoms with Crippen LogP contribution in [0.15, 0.2) is 23.0 Å². The number of H-pyrrole nitrogens is 1. The van der Waals surface area contributed by atoms with Crippen molar-refractivity contribution in [3.8, 4) is 0 Å². The topological polar surface area (TPSA) is 86.5 Å². The molecule has 0 amide bonds. The van der Waals surface area contributed by atoms with Crippen molar-refractivity contribution in [3.63, 3.8) is 0 Å². The number of aliphatic hydroxyl groups excluding tert-OH is 1. The first-order chi connectivity index (χ1) is 9.10. The van der Waals surface area contributed by atoms with Crippen molar-refractivity contribution in [2.24, 2.45) is 0 Å². The fourth-order valence-corrected chi connectivity index (χ4v) is 2.02. The molecule has 98 valence electrons. The Bertz CT molecular complexity index is 818. The molecule has 3 aromatic rings. The minimum atomic E-state index is -0.462. The lowest BCUT2D eigenvalue weighted by Crippen LogP contribution is -2.18. The molecule has 0 unspecified atom stereocenters. The molecule has 0 atom stereocenters. The fourth-order valence-electron chi connectivity index (χ4n) is 2.02. The van der Waals surface area contributed by atoms with Gasteiger partial charge in [0.2, 0.25) is 0 Å². The standard InChI is InChI=1S/C12H13N5O2/c1-16(2)7-3-4-9-8(5-7)11-14-10(6-18)15-17(11)12(19)13-9/h3-5,18H,6H2,1-2H3,(H,14,15).